The van der Waals surface area contributed by atoms with E-state index in [-0.39, 0.29) is 35.5 Å². The van der Waals surface area contributed by atoms with Crippen LogP contribution in [0.15, 0.2) is 42.7 Å². The molecule has 2 aliphatic carbocycles. The number of benzene rings is 1. The Bertz CT molecular complexity index is 999. The molecule has 0 aliphatic heterocycles. The van der Waals surface area contributed by atoms with Crippen molar-refractivity contribution in [2.75, 3.05) is 11.9 Å². The van der Waals surface area contributed by atoms with Crippen LogP contribution in [0.2, 0.25) is 0 Å². The molecule has 34 heavy (non-hydrogen) atoms. The van der Waals surface area contributed by atoms with Crippen LogP contribution < -0.4 is 16.4 Å². The maximum absolute atomic E-state index is 14.3. The normalized spacial score (nSPS) is 22.7. The van der Waals surface area contributed by atoms with Crippen molar-refractivity contribution >= 4 is 17.5 Å². The molecule has 1 unspecified atom stereocenters. The summed E-state index contributed by atoms with van der Waals surface area (Å²) in [5.74, 6) is -0.0295. The van der Waals surface area contributed by atoms with Gasteiger partial charge in [0, 0.05) is 36.6 Å². The fraction of sp³-hybridized carbons (Fsp3) is 0.519. The lowest BCUT2D eigenvalue weighted by atomic mass is 9.76. The van der Waals surface area contributed by atoms with Gasteiger partial charge in [-0.05, 0) is 80.7 Å². The van der Waals surface area contributed by atoms with E-state index in [1.165, 1.54) is 6.07 Å². The number of amides is 2. The van der Waals surface area contributed by atoms with E-state index in [0.29, 0.717) is 12.1 Å². The zero-order valence-corrected chi connectivity index (χ0v) is 19.9. The highest BCUT2D eigenvalue weighted by atomic mass is 19.1. The fourth-order valence-corrected chi connectivity index (χ4v) is 5.55. The summed E-state index contributed by atoms with van der Waals surface area (Å²) < 4.78 is 14.3. The number of carbonyl (C=O) groups is 2. The second-order valence-corrected chi connectivity index (χ2v) is 9.96. The van der Waals surface area contributed by atoms with Crippen LogP contribution in [0.3, 0.4) is 0 Å². The van der Waals surface area contributed by atoms with Crippen molar-refractivity contribution in [2.45, 2.75) is 69.7 Å². The standard InChI is InChI=1S/C27H35FN4O2/c1-18-4-9-21(16-23(18)28)27(12-2-3-13-27)26(34)31-17-24(29)19-5-7-20(8-6-19)25(33)32-22-10-14-30-15-11-22/h4,9-11,14-16,19-20,24H,2-3,5-8,12-13,17,29H2,1H3,(H,31,34)(H,30,32,33). The summed E-state index contributed by atoms with van der Waals surface area (Å²) in [6, 6.07) is 8.57. The number of nitrogens with two attached hydrogens (primary N) is 1. The molecule has 0 radical (unpaired) electrons. The van der Waals surface area contributed by atoms with Crippen molar-refractivity contribution in [3.63, 3.8) is 0 Å². The second kappa shape index (κ2) is 10.6. The van der Waals surface area contributed by atoms with Gasteiger partial charge in [0.25, 0.3) is 0 Å². The SMILES string of the molecule is Cc1ccc(C2(C(=O)NCC(N)C3CCC(C(=O)Nc4ccncc4)CC3)CCCC2)cc1F. The quantitative estimate of drug-likeness (QED) is 0.569. The number of nitrogens with one attached hydrogen (secondary N) is 2. The van der Waals surface area contributed by atoms with Gasteiger partial charge in [-0.1, -0.05) is 25.0 Å². The lowest BCUT2D eigenvalue weighted by Crippen LogP contribution is -2.49. The summed E-state index contributed by atoms with van der Waals surface area (Å²) in [5.41, 5.74) is 7.93. The van der Waals surface area contributed by atoms with Gasteiger partial charge in [0.2, 0.25) is 11.8 Å². The third kappa shape index (κ3) is 5.30. The van der Waals surface area contributed by atoms with Crippen molar-refractivity contribution in [1.82, 2.24) is 10.3 Å². The number of aryl methyl sites for hydroxylation is 1. The summed E-state index contributed by atoms with van der Waals surface area (Å²) in [7, 11) is 0. The van der Waals surface area contributed by atoms with Crippen LogP contribution in [-0.2, 0) is 15.0 Å². The topological polar surface area (TPSA) is 97.1 Å². The number of halogens is 1. The van der Waals surface area contributed by atoms with Crippen LogP contribution in [0.25, 0.3) is 0 Å². The number of rotatable bonds is 7. The molecule has 2 amide bonds. The van der Waals surface area contributed by atoms with Gasteiger partial charge in [0.15, 0.2) is 0 Å². The van der Waals surface area contributed by atoms with Gasteiger partial charge in [-0.15, -0.1) is 0 Å². The lowest BCUT2D eigenvalue weighted by Gasteiger charge is -2.33. The lowest BCUT2D eigenvalue weighted by molar-refractivity contribution is -0.126. The molecule has 7 heteroatoms. The van der Waals surface area contributed by atoms with Gasteiger partial charge in [-0.2, -0.15) is 0 Å². The predicted octanol–water partition coefficient (Wildman–Crippen LogP) is 4.23. The van der Waals surface area contributed by atoms with E-state index in [0.717, 1.165) is 62.6 Å². The molecule has 6 nitrogen and oxygen atoms in total. The van der Waals surface area contributed by atoms with Crippen LogP contribution in [0.1, 0.15) is 62.5 Å². The molecule has 0 spiro atoms. The Hall–Kier alpha value is -2.80. The van der Waals surface area contributed by atoms with Crippen molar-refractivity contribution in [3.05, 3.63) is 59.7 Å². The van der Waals surface area contributed by atoms with E-state index < -0.39 is 5.41 Å². The van der Waals surface area contributed by atoms with E-state index >= 15 is 0 Å². The van der Waals surface area contributed by atoms with Crippen LogP contribution in [0, 0.1) is 24.6 Å². The summed E-state index contributed by atoms with van der Waals surface area (Å²) in [6.07, 6.45) is 9.99. The highest BCUT2D eigenvalue weighted by Gasteiger charge is 2.43. The van der Waals surface area contributed by atoms with E-state index in [4.69, 9.17) is 5.73 Å². The minimum atomic E-state index is -0.670. The second-order valence-electron chi connectivity index (χ2n) is 9.96. The molecule has 2 aromatic rings. The average Bonchev–Trinajstić information content (AvgIpc) is 3.36. The van der Waals surface area contributed by atoms with Crippen molar-refractivity contribution < 1.29 is 14.0 Å². The molecule has 182 valence electrons. The molecule has 4 rings (SSSR count). The number of anilines is 1. The smallest absolute Gasteiger partial charge is 0.230 e. The first-order chi connectivity index (χ1) is 16.4. The summed E-state index contributed by atoms with van der Waals surface area (Å²) in [6.45, 7) is 2.13. The number of hydrogen-bond acceptors (Lipinski definition) is 4. The monoisotopic (exact) mass is 466 g/mol. The maximum Gasteiger partial charge on any atom is 0.230 e. The Morgan fingerprint density at radius 3 is 2.44 bits per heavy atom. The number of hydrogen-bond donors (Lipinski definition) is 3. The fourth-order valence-electron chi connectivity index (χ4n) is 5.55. The maximum atomic E-state index is 14.3. The molecule has 2 aliphatic rings. The molecule has 1 aromatic heterocycles. The molecule has 1 heterocycles. The zero-order chi connectivity index (χ0) is 24.1. The minimum Gasteiger partial charge on any atom is -0.354 e. The first kappa shape index (κ1) is 24.3. The Labute approximate surface area is 200 Å². The predicted molar refractivity (Wildman–Crippen MR) is 131 cm³/mol. The third-order valence-corrected chi connectivity index (χ3v) is 7.81. The van der Waals surface area contributed by atoms with Gasteiger partial charge in [0.05, 0.1) is 5.41 Å². The van der Waals surface area contributed by atoms with Crippen LogP contribution in [0.4, 0.5) is 10.1 Å². The molecular weight excluding hydrogens is 431 g/mol. The van der Waals surface area contributed by atoms with Gasteiger partial charge in [-0.25, -0.2) is 4.39 Å². The number of aromatic nitrogens is 1. The highest BCUT2D eigenvalue weighted by molar-refractivity contribution is 5.92. The van der Waals surface area contributed by atoms with Crippen LogP contribution in [0.5, 0.6) is 0 Å². The molecular formula is C27H35FN4O2. The summed E-state index contributed by atoms with van der Waals surface area (Å²) in [5, 5.41) is 6.05. The zero-order valence-electron chi connectivity index (χ0n) is 19.9. The van der Waals surface area contributed by atoms with Gasteiger partial charge < -0.3 is 16.4 Å². The van der Waals surface area contributed by atoms with Gasteiger partial charge in [0.1, 0.15) is 5.82 Å². The third-order valence-electron chi connectivity index (χ3n) is 7.81. The Morgan fingerprint density at radius 2 is 1.79 bits per heavy atom. The van der Waals surface area contributed by atoms with E-state index in [9.17, 15) is 14.0 Å². The molecule has 1 atom stereocenters. The largest absolute Gasteiger partial charge is 0.354 e. The molecule has 2 saturated carbocycles. The van der Waals surface area contributed by atoms with Crippen LogP contribution >= 0.6 is 0 Å². The molecule has 4 N–H and O–H groups in total. The minimum absolute atomic E-state index is 0.0237. The van der Waals surface area contributed by atoms with E-state index in [1.54, 1.807) is 37.5 Å². The highest BCUT2D eigenvalue weighted by Crippen LogP contribution is 2.42. The molecule has 0 saturated heterocycles. The van der Waals surface area contributed by atoms with Gasteiger partial charge >= 0.3 is 0 Å². The summed E-state index contributed by atoms with van der Waals surface area (Å²) >= 11 is 0. The first-order valence-corrected chi connectivity index (χ1v) is 12.4. The van der Waals surface area contributed by atoms with Gasteiger partial charge in [-0.3, -0.25) is 14.6 Å². The van der Waals surface area contributed by atoms with E-state index in [2.05, 4.69) is 15.6 Å². The summed E-state index contributed by atoms with van der Waals surface area (Å²) in [4.78, 5) is 29.9. The van der Waals surface area contributed by atoms with Crippen molar-refractivity contribution in [3.8, 4) is 0 Å². The molecule has 1 aromatic carbocycles. The van der Waals surface area contributed by atoms with Crippen molar-refractivity contribution in [1.29, 1.82) is 0 Å². The molecule has 0 bridgehead atoms. The number of carbonyl (C=O) groups excluding carboxylic acids is 2. The number of nitrogens with zero attached hydrogens (tertiary/aromatic N) is 1. The Kier molecular flexibility index (Phi) is 7.61. The van der Waals surface area contributed by atoms with E-state index in [1.807, 2.05) is 6.07 Å². The Balaban J connectivity index is 1.29. The van der Waals surface area contributed by atoms with Crippen molar-refractivity contribution in [2.24, 2.45) is 17.6 Å². The Morgan fingerprint density at radius 1 is 1.12 bits per heavy atom. The molecule has 2 fully saturated rings. The number of pyridine rings is 1. The average molecular weight is 467 g/mol. The first-order valence-electron chi connectivity index (χ1n) is 12.4. The van der Waals surface area contributed by atoms with Crippen LogP contribution in [-0.4, -0.2) is 29.4 Å².